The van der Waals surface area contributed by atoms with Gasteiger partial charge in [-0.1, -0.05) is 35.3 Å². The van der Waals surface area contributed by atoms with Crippen molar-refractivity contribution in [3.63, 3.8) is 0 Å². The number of hydrogen-bond acceptors (Lipinski definition) is 5. The van der Waals surface area contributed by atoms with E-state index in [0.29, 0.717) is 61.1 Å². The van der Waals surface area contributed by atoms with Crippen molar-refractivity contribution in [1.82, 2.24) is 25.3 Å². The molecule has 34 heavy (non-hydrogen) atoms. The number of halogens is 2. The van der Waals surface area contributed by atoms with Gasteiger partial charge in [0.1, 0.15) is 0 Å². The number of amides is 4. The maximum absolute atomic E-state index is 13.1. The number of likely N-dealkylation sites (N-methyl/N-ethyl adjacent to an activating group) is 1. The van der Waals surface area contributed by atoms with Gasteiger partial charge in [0, 0.05) is 52.0 Å². The number of rotatable bonds is 6. The van der Waals surface area contributed by atoms with Crippen molar-refractivity contribution in [2.24, 2.45) is 0 Å². The summed E-state index contributed by atoms with van der Waals surface area (Å²) in [6, 6.07) is 3.86. The highest BCUT2D eigenvalue weighted by molar-refractivity contribution is 6.42. The molecule has 2 heterocycles. The molecule has 2 aliphatic heterocycles. The van der Waals surface area contributed by atoms with Gasteiger partial charge in [-0.25, -0.2) is 14.4 Å². The lowest BCUT2D eigenvalue weighted by Crippen LogP contribution is -2.49. The van der Waals surface area contributed by atoms with Crippen molar-refractivity contribution >= 4 is 41.2 Å². The SMILES string of the molecule is CCNC(=O)N1CCCN(CC2=C(C(=O)OCC)[C@@H](c3cccc(Cl)c3Cl)NC(=O)N2C)CC1. The van der Waals surface area contributed by atoms with Crippen molar-refractivity contribution in [2.45, 2.75) is 26.3 Å². The fourth-order valence-electron chi connectivity index (χ4n) is 4.18. The van der Waals surface area contributed by atoms with E-state index in [1.165, 1.54) is 4.90 Å². The first-order valence-corrected chi connectivity index (χ1v) is 12.2. The topological polar surface area (TPSA) is 94.2 Å². The van der Waals surface area contributed by atoms with Crippen LogP contribution >= 0.6 is 23.2 Å². The third-order valence-electron chi connectivity index (χ3n) is 5.94. The molecular formula is C23H31Cl2N5O4. The molecule has 1 saturated heterocycles. The van der Waals surface area contributed by atoms with Crippen LogP contribution < -0.4 is 10.6 Å². The number of nitrogens with zero attached hydrogens (tertiary/aromatic N) is 3. The number of carbonyl (C=O) groups excluding carboxylic acids is 3. The number of benzene rings is 1. The fourth-order valence-corrected chi connectivity index (χ4v) is 4.60. The van der Waals surface area contributed by atoms with Crippen LogP contribution in [-0.2, 0) is 9.53 Å². The normalized spacial score (nSPS) is 19.6. The van der Waals surface area contributed by atoms with Gasteiger partial charge in [-0.3, -0.25) is 9.80 Å². The molecule has 0 saturated carbocycles. The molecule has 4 amide bonds. The van der Waals surface area contributed by atoms with Crippen LogP contribution in [0.2, 0.25) is 10.0 Å². The third kappa shape index (κ3) is 5.76. The lowest BCUT2D eigenvalue weighted by molar-refractivity contribution is -0.139. The van der Waals surface area contributed by atoms with E-state index < -0.39 is 12.0 Å². The smallest absolute Gasteiger partial charge is 0.338 e. The quantitative estimate of drug-likeness (QED) is 0.571. The Labute approximate surface area is 210 Å². The average molecular weight is 512 g/mol. The van der Waals surface area contributed by atoms with Crippen LogP contribution in [0.15, 0.2) is 29.5 Å². The zero-order valence-electron chi connectivity index (χ0n) is 19.7. The Morgan fingerprint density at radius 1 is 1.18 bits per heavy atom. The number of urea groups is 2. The first kappa shape index (κ1) is 26.1. The summed E-state index contributed by atoms with van der Waals surface area (Å²) in [6.07, 6.45) is 0.776. The first-order valence-electron chi connectivity index (χ1n) is 11.4. The Hall–Kier alpha value is -2.49. The molecule has 3 rings (SSSR count). The van der Waals surface area contributed by atoms with Gasteiger partial charge in [0.15, 0.2) is 0 Å². The minimum Gasteiger partial charge on any atom is -0.463 e. The van der Waals surface area contributed by atoms with Crippen molar-refractivity contribution in [2.75, 3.05) is 52.9 Å². The Balaban J connectivity index is 1.96. The fraction of sp³-hybridized carbons (Fsp3) is 0.522. The molecule has 0 aliphatic carbocycles. The second-order valence-electron chi connectivity index (χ2n) is 8.12. The molecule has 0 unspecified atom stereocenters. The summed E-state index contributed by atoms with van der Waals surface area (Å²) < 4.78 is 5.38. The van der Waals surface area contributed by atoms with Gasteiger partial charge in [0.25, 0.3) is 0 Å². The number of ether oxygens (including phenoxy) is 1. The number of hydrogen-bond donors (Lipinski definition) is 2. The maximum atomic E-state index is 13.1. The molecule has 9 nitrogen and oxygen atoms in total. The zero-order valence-corrected chi connectivity index (χ0v) is 21.2. The van der Waals surface area contributed by atoms with Gasteiger partial charge < -0.3 is 20.3 Å². The van der Waals surface area contributed by atoms with E-state index in [4.69, 9.17) is 27.9 Å². The molecule has 1 aromatic rings. The van der Waals surface area contributed by atoms with Gasteiger partial charge in [-0.2, -0.15) is 0 Å². The number of esters is 1. The van der Waals surface area contributed by atoms with E-state index in [0.717, 1.165) is 6.42 Å². The number of nitrogens with one attached hydrogen (secondary N) is 2. The summed E-state index contributed by atoms with van der Waals surface area (Å²) in [5.74, 6) is -0.524. The van der Waals surface area contributed by atoms with Crippen LogP contribution in [0.3, 0.4) is 0 Å². The Morgan fingerprint density at radius 2 is 1.94 bits per heavy atom. The molecule has 2 aliphatic rings. The maximum Gasteiger partial charge on any atom is 0.338 e. The van der Waals surface area contributed by atoms with Crippen molar-refractivity contribution in [3.8, 4) is 0 Å². The molecule has 2 N–H and O–H groups in total. The van der Waals surface area contributed by atoms with E-state index in [-0.39, 0.29) is 23.7 Å². The summed E-state index contributed by atoms with van der Waals surface area (Å²) in [4.78, 5) is 43.7. The highest BCUT2D eigenvalue weighted by Crippen LogP contribution is 2.37. The van der Waals surface area contributed by atoms with Crippen LogP contribution in [-0.4, -0.2) is 85.7 Å². The van der Waals surface area contributed by atoms with Crippen LogP contribution in [0, 0.1) is 0 Å². The lowest BCUT2D eigenvalue weighted by Gasteiger charge is -2.37. The van der Waals surface area contributed by atoms with E-state index in [1.54, 1.807) is 37.1 Å². The highest BCUT2D eigenvalue weighted by atomic mass is 35.5. The predicted molar refractivity (Wildman–Crippen MR) is 131 cm³/mol. The van der Waals surface area contributed by atoms with Gasteiger partial charge in [0.2, 0.25) is 0 Å². The standard InChI is InChI=1S/C23H31Cl2N5O4/c1-4-26-22(32)30-11-7-10-29(12-13-30)14-17-18(21(31)34-5-2)20(27-23(33)28(17)3)15-8-6-9-16(24)19(15)25/h6,8-9,20H,4-5,7,10-14H2,1-3H3,(H,26,32)(H,27,33)/t20-/m1/s1. The van der Waals surface area contributed by atoms with E-state index in [9.17, 15) is 14.4 Å². The largest absolute Gasteiger partial charge is 0.463 e. The summed E-state index contributed by atoms with van der Waals surface area (Å²) in [5, 5.41) is 6.30. The molecule has 1 fully saturated rings. The Kier molecular flexibility index (Phi) is 9.04. The Bertz CT molecular complexity index is 971. The molecule has 11 heteroatoms. The Morgan fingerprint density at radius 3 is 2.65 bits per heavy atom. The molecule has 1 atom stereocenters. The van der Waals surface area contributed by atoms with Gasteiger partial charge >= 0.3 is 18.0 Å². The minimum atomic E-state index is -0.803. The molecule has 0 aromatic heterocycles. The van der Waals surface area contributed by atoms with Crippen LogP contribution in [0.25, 0.3) is 0 Å². The summed E-state index contributed by atoms with van der Waals surface area (Å²) in [6.45, 7) is 7.23. The average Bonchev–Trinajstić information content (AvgIpc) is 3.04. The lowest BCUT2D eigenvalue weighted by atomic mass is 9.94. The van der Waals surface area contributed by atoms with E-state index >= 15 is 0 Å². The number of carbonyl (C=O) groups is 3. The summed E-state index contributed by atoms with van der Waals surface area (Å²) in [5.41, 5.74) is 1.38. The van der Waals surface area contributed by atoms with Crippen molar-refractivity contribution in [1.29, 1.82) is 0 Å². The van der Waals surface area contributed by atoms with Crippen LogP contribution in [0.1, 0.15) is 31.9 Å². The first-order chi connectivity index (χ1) is 16.3. The summed E-state index contributed by atoms with van der Waals surface area (Å²) in [7, 11) is 1.62. The molecule has 0 radical (unpaired) electrons. The molecule has 1 aromatic carbocycles. The molecule has 0 bridgehead atoms. The van der Waals surface area contributed by atoms with Crippen molar-refractivity contribution in [3.05, 3.63) is 45.1 Å². The molecule has 186 valence electrons. The van der Waals surface area contributed by atoms with Crippen LogP contribution in [0.4, 0.5) is 9.59 Å². The zero-order chi connectivity index (χ0) is 24.8. The van der Waals surface area contributed by atoms with Crippen LogP contribution in [0.5, 0.6) is 0 Å². The monoisotopic (exact) mass is 511 g/mol. The minimum absolute atomic E-state index is 0.0828. The second-order valence-corrected chi connectivity index (χ2v) is 8.90. The molecule has 0 spiro atoms. The predicted octanol–water partition coefficient (Wildman–Crippen LogP) is 3.24. The van der Waals surface area contributed by atoms with E-state index in [2.05, 4.69) is 15.5 Å². The highest BCUT2D eigenvalue weighted by Gasteiger charge is 2.38. The van der Waals surface area contributed by atoms with Gasteiger partial charge in [-0.15, -0.1) is 0 Å². The third-order valence-corrected chi connectivity index (χ3v) is 6.78. The molecular weight excluding hydrogens is 481 g/mol. The van der Waals surface area contributed by atoms with Crippen molar-refractivity contribution < 1.29 is 19.1 Å². The van der Waals surface area contributed by atoms with Gasteiger partial charge in [-0.05, 0) is 31.9 Å². The van der Waals surface area contributed by atoms with E-state index in [1.807, 2.05) is 6.92 Å². The summed E-state index contributed by atoms with van der Waals surface area (Å²) >= 11 is 12.7. The second kappa shape index (κ2) is 11.8. The van der Waals surface area contributed by atoms with Gasteiger partial charge in [0.05, 0.1) is 28.3 Å².